The Hall–Kier alpha value is -2.63. The van der Waals surface area contributed by atoms with Gasteiger partial charge in [0.05, 0.1) is 11.3 Å². The highest BCUT2D eigenvalue weighted by Gasteiger charge is 2.26. The molecule has 6 heteroatoms. The van der Waals surface area contributed by atoms with Crippen LogP contribution in [0.4, 0.5) is 0 Å². The second kappa shape index (κ2) is 6.47. The van der Waals surface area contributed by atoms with Crippen LogP contribution in [0.5, 0.6) is 5.75 Å². The lowest BCUT2D eigenvalue weighted by atomic mass is 9.93. The highest BCUT2D eigenvalue weighted by atomic mass is 16.3. The van der Waals surface area contributed by atoms with Crippen molar-refractivity contribution in [2.24, 2.45) is 0 Å². The Bertz CT molecular complexity index is 820. The molecule has 1 aromatic heterocycles. The zero-order chi connectivity index (χ0) is 17.3. The first kappa shape index (κ1) is 16.2. The van der Waals surface area contributed by atoms with Crippen molar-refractivity contribution in [3.05, 3.63) is 57.3 Å². The Morgan fingerprint density at radius 2 is 1.96 bits per heavy atom. The van der Waals surface area contributed by atoms with E-state index >= 15 is 0 Å². The molecule has 2 N–H and O–H groups in total. The minimum Gasteiger partial charge on any atom is -0.507 e. The summed E-state index contributed by atoms with van der Waals surface area (Å²) in [5.74, 6) is 0.664. The number of nitrogens with one attached hydrogen (secondary N) is 1. The summed E-state index contributed by atoms with van der Waals surface area (Å²) >= 11 is 0. The van der Waals surface area contributed by atoms with Crippen LogP contribution in [0.2, 0.25) is 0 Å². The molecule has 0 spiro atoms. The number of likely N-dealkylation sites (tertiary alicyclic amines) is 1. The number of amides is 1. The molecule has 1 aliphatic rings. The van der Waals surface area contributed by atoms with Gasteiger partial charge in [-0.15, -0.1) is 0 Å². The van der Waals surface area contributed by atoms with Crippen molar-refractivity contribution in [1.29, 1.82) is 0 Å². The van der Waals surface area contributed by atoms with Gasteiger partial charge in [0, 0.05) is 25.1 Å². The average molecular weight is 327 g/mol. The molecule has 1 aromatic carbocycles. The molecule has 24 heavy (non-hydrogen) atoms. The fraction of sp³-hybridized carbons (Fsp3) is 0.389. The second-order valence-corrected chi connectivity index (χ2v) is 6.34. The third-order valence-electron chi connectivity index (χ3n) is 4.46. The fourth-order valence-corrected chi connectivity index (χ4v) is 3.18. The fourth-order valence-electron chi connectivity index (χ4n) is 3.18. The molecule has 126 valence electrons. The molecular weight excluding hydrogens is 306 g/mol. The maximum absolute atomic E-state index is 12.6. The minimum absolute atomic E-state index is 0.0222. The first-order valence-electron chi connectivity index (χ1n) is 8.11. The number of rotatable bonds is 2. The number of nitrogens with zero attached hydrogens (tertiary/aromatic N) is 2. The molecule has 3 rings (SSSR count). The van der Waals surface area contributed by atoms with Crippen molar-refractivity contribution in [2.75, 3.05) is 13.1 Å². The number of aromatic hydroxyl groups is 1. The molecule has 0 atom stereocenters. The van der Waals surface area contributed by atoms with E-state index in [9.17, 15) is 14.7 Å². The highest BCUT2D eigenvalue weighted by Crippen LogP contribution is 2.28. The zero-order valence-electron chi connectivity index (χ0n) is 13.9. The highest BCUT2D eigenvalue weighted by molar-refractivity contribution is 5.97. The Balaban J connectivity index is 1.70. The number of aryl methyl sites for hydroxylation is 2. The molecule has 2 aromatic rings. The van der Waals surface area contributed by atoms with Gasteiger partial charge in [-0.05, 0) is 44.4 Å². The van der Waals surface area contributed by atoms with Crippen LogP contribution in [0.3, 0.4) is 0 Å². The first-order valence-corrected chi connectivity index (χ1v) is 8.11. The molecule has 1 saturated heterocycles. The van der Waals surface area contributed by atoms with Gasteiger partial charge in [-0.25, -0.2) is 4.98 Å². The molecule has 6 nitrogen and oxygen atoms in total. The van der Waals surface area contributed by atoms with Gasteiger partial charge in [-0.1, -0.05) is 6.07 Å². The summed E-state index contributed by atoms with van der Waals surface area (Å²) in [5.41, 5.74) is 1.91. The number of hydrogen-bond acceptors (Lipinski definition) is 4. The Morgan fingerprint density at radius 3 is 2.58 bits per heavy atom. The van der Waals surface area contributed by atoms with Crippen molar-refractivity contribution in [3.63, 3.8) is 0 Å². The van der Waals surface area contributed by atoms with E-state index in [2.05, 4.69) is 9.97 Å². The third kappa shape index (κ3) is 3.32. The summed E-state index contributed by atoms with van der Waals surface area (Å²) in [5, 5.41) is 9.99. The van der Waals surface area contributed by atoms with E-state index in [0.717, 1.165) is 24.1 Å². The standard InChI is InChI=1S/C18H21N3O3/c1-11-3-4-14(16(22)9-11)18(24)21-7-5-13(6-8-21)15-10-17(23)20-12(2)19-15/h3-4,9-10,13,22H,5-8H2,1-2H3,(H,19,20,23). The van der Waals surface area contributed by atoms with Gasteiger partial charge in [0.15, 0.2) is 0 Å². The van der Waals surface area contributed by atoms with Gasteiger partial charge in [-0.2, -0.15) is 0 Å². The van der Waals surface area contributed by atoms with E-state index in [1.165, 1.54) is 0 Å². The van der Waals surface area contributed by atoms with Gasteiger partial charge in [-0.3, -0.25) is 9.59 Å². The van der Waals surface area contributed by atoms with Crippen molar-refractivity contribution < 1.29 is 9.90 Å². The van der Waals surface area contributed by atoms with Crippen molar-refractivity contribution >= 4 is 5.91 Å². The lowest BCUT2D eigenvalue weighted by Crippen LogP contribution is -2.38. The molecule has 0 radical (unpaired) electrons. The van der Waals surface area contributed by atoms with Gasteiger partial charge in [0.25, 0.3) is 11.5 Å². The van der Waals surface area contributed by atoms with E-state index in [-0.39, 0.29) is 23.1 Å². The number of aromatic nitrogens is 2. The topological polar surface area (TPSA) is 86.3 Å². The first-order chi connectivity index (χ1) is 11.4. The number of H-pyrrole nitrogens is 1. The number of carbonyl (C=O) groups is 1. The Labute approximate surface area is 140 Å². The van der Waals surface area contributed by atoms with Crippen LogP contribution in [-0.2, 0) is 0 Å². The van der Waals surface area contributed by atoms with Crippen LogP contribution >= 0.6 is 0 Å². The summed E-state index contributed by atoms with van der Waals surface area (Å²) in [7, 11) is 0. The Kier molecular flexibility index (Phi) is 4.38. The number of hydrogen-bond donors (Lipinski definition) is 2. The maximum Gasteiger partial charge on any atom is 0.257 e. The van der Waals surface area contributed by atoms with Gasteiger partial charge in [0.2, 0.25) is 0 Å². The number of piperidine rings is 1. The lowest BCUT2D eigenvalue weighted by molar-refractivity contribution is 0.0709. The molecule has 0 aliphatic carbocycles. The molecule has 2 heterocycles. The normalized spacial score (nSPS) is 15.5. The second-order valence-electron chi connectivity index (χ2n) is 6.34. The number of aromatic amines is 1. The summed E-state index contributed by atoms with van der Waals surface area (Å²) in [6.07, 6.45) is 1.52. The minimum atomic E-state index is -0.152. The smallest absolute Gasteiger partial charge is 0.257 e. The predicted octanol–water partition coefficient (Wildman–Crippen LogP) is 2.11. The van der Waals surface area contributed by atoms with Crippen LogP contribution in [0, 0.1) is 13.8 Å². The molecular formula is C18H21N3O3. The quantitative estimate of drug-likeness (QED) is 0.884. The molecule has 1 aliphatic heterocycles. The monoisotopic (exact) mass is 327 g/mol. The van der Waals surface area contributed by atoms with Crippen molar-refractivity contribution in [2.45, 2.75) is 32.6 Å². The summed E-state index contributed by atoms with van der Waals surface area (Å²) < 4.78 is 0. The van der Waals surface area contributed by atoms with Crippen molar-refractivity contribution in [1.82, 2.24) is 14.9 Å². The van der Waals surface area contributed by atoms with Crippen LogP contribution in [0.15, 0.2) is 29.1 Å². The van der Waals surface area contributed by atoms with Crippen LogP contribution in [0.25, 0.3) is 0 Å². The van der Waals surface area contributed by atoms with E-state index in [4.69, 9.17) is 0 Å². The average Bonchev–Trinajstić information content (AvgIpc) is 2.53. The van der Waals surface area contributed by atoms with Crippen molar-refractivity contribution in [3.8, 4) is 5.75 Å². The van der Waals surface area contributed by atoms with E-state index in [1.54, 1.807) is 30.0 Å². The zero-order valence-corrected chi connectivity index (χ0v) is 13.9. The van der Waals surface area contributed by atoms with Crippen LogP contribution in [-0.4, -0.2) is 39.0 Å². The lowest BCUT2D eigenvalue weighted by Gasteiger charge is -2.32. The summed E-state index contributed by atoms with van der Waals surface area (Å²) in [6, 6.07) is 6.63. The number of carbonyl (C=O) groups excluding carboxylic acids is 1. The van der Waals surface area contributed by atoms with E-state index < -0.39 is 0 Å². The molecule has 1 fully saturated rings. The number of benzene rings is 1. The predicted molar refractivity (Wildman–Crippen MR) is 90.3 cm³/mol. The number of phenolic OH excluding ortho intramolecular Hbond substituents is 1. The Morgan fingerprint density at radius 1 is 1.25 bits per heavy atom. The van der Waals surface area contributed by atoms with Gasteiger partial charge < -0.3 is 15.0 Å². The van der Waals surface area contributed by atoms with Crippen LogP contribution < -0.4 is 5.56 Å². The number of phenols is 1. The third-order valence-corrected chi connectivity index (χ3v) is 4.46. The van der Waals surface area contributed by atoms with Crippen LogP contribution in [0.1, 0.15) is 46.2 Å². The largest absolute Gasteiger partial charge is 0.507 e. The van der Waals surface area contributed by atoms with Gasteiger partial charge >= 0.3 is 0 Å². The van der Waals surface area contributed by atoms with Gasteiger partial charge in [0.1, 0.15) is 11.6 Å². The summed E-state index contributed by atoms with van der Waals surface area (Å²) in [4.78, 5) is 33.0. The molecule has 0 bridgehead atoms. The molecule has 0 unspecified atom stereocenters. The molecule has 0 saturated carbocycles. The molecule has 1 amide bonds. The maximum atomic E-state index is 12.6. The SMILES string of the molecule is Cc1ccc(C(=O)N2CCC(c3cc(=O)[nH]c(C)n3)CC2)c(O)c1. The summed E-state index contributed by atoms with van der Waals surface area (Å²) in [6.45, 7) is 4.81. The van der Waals surface area contributed by atoms with E-state index in [0.29, 0.717) is 24.5 Å². The van der Waals surface area contributed by atoms with E-state index in [1.807, 2.05) is 13.0 Å².